The predicted molar refractivity (Wildman–Crippen MR) is 227 cm³/mol. The number of nitrogens with zero attached hydrogens (tertiary/aromatic N) is 2. The first-order valence-corrected chi connectivity index (χ1v) is 18.4. The molecule has 0 bridgehead atoms. The highest BCUT2D eigenvalue weighted by molar-refractivity contribution is 5.99. The van der Waals surface area contributed by atoms with Crippen LogP contribution in [0.1, 0.15) is 0 Å². The lowest BCUT2D eigenvalue weighted by molar-refractivity contribution is 1.33. The van der Waals surface area contributed by atoms with Crippen LogP contribution in [0.5, 0.6) is 0 Å². The van der Waals surface area contributed by atoms with Crippen LogP contribution in [-0.4, -0.2) is 9.97 Å². The molecule has 0 aliphatic heterocycles. The Labute approximate surface area is 314 Å². The summed E-state index contributed by atoms with van der Waals surface area (Å²) in [4.78, 5) is 10.5. The zero-order valence-electron chi connectivity index (χ0n) is 29.5. The highest BCUT2D eigenvalue weighted by atomic mass is 14.7. The van der Waals surface area contributed by atoms with Crippen LogP contribution in [0, 0.1) is 0 Å². The van der Waals surface area contributed by atoms with Gasteiger partial charge in [0, 0.05) is 22.3 Å². The molecule has 2 heterocycles. The van der Waals surface area contributed by atoms with Crippen molar-refractivity contribution in [2.45, 2.75) is 0 Å². The van der Waals surface area contributed by atoms with Crippen LogP contribution >= 0.6 is 0 Å². The third-order valence-electron chi connectivity index (χ3n) is 10.4. The van der Waals surface area contributed by atoms with Crippen molar-refractivity contribution in [3.8, 4) is 67.3 Å². The number of aromatic nitrogens is 2. The van der Waals surface area contributed by atoms with Crippen molar-refractivity contribution in [1.82, 2.24) is 9.97 Å². The minimum atomic E-state index is 0.955. The first kappa shape index (κ1) is 31.6. The number of fused-ring (bicyclic) bond motifs is 3. The minimum absolute atomic E-state index is 0.955. The van der Waals surface area contributed by atoms with E-state index in [0.717, 1.165) is 67.3 Å². The van der Waals surface area contributed by atoms with Gasteiger partial charge in [-0.2, -0.15) is 0 Å². The fraction of sp³-hybridized carbons (Fsp3) is 0. The van der Waals surface area contributed by atoms with E-state index in [1.54, 1.807) is 0 Å². The van der Waals surface area contributed by atoms with Crippen molar-refractivity contribution in [3.63, 3.8) is 0 Å². The number of hydrogen-bond donors (Lipinski definition) is 0. The largest absolute Gasteiger partial charge is 0.248 e. The van der Waals surface area contributed by atoms with Crippen LogP contribution in [-0.2, 0) is 0 Å². The summed E-state index contributed by atoms with van der Waals surface area (Å²) in [6.07, 6.45) is 0. The zero-order valence-corrected chi connectivity index (χ0v) is 29.5. The molecule has 0 aliphatic rings. The molecule has 0 aliphatic carbocycles. The molecule has 2 heteroatoms. The second-order valence-electron chi connectivity index (χ2n) is 13.8. The van der Waals surface area contributed by atoms with E-state index in [2.05, 4.69) is 206 Å². The van der Waals surface area contributed by atoms with Gasteiger partial charge in [0.1, 0.15) is 0 Å². The smallest absolute Gasteiger partial charge is 0.0721 e. The van der Waals surface area contributed by atoms with Crippen molar-refractivity contribution in [1.29, 1.82) is 0 Å². The van der Waals surface area contributed by atoms with Gasteiger partial charge in [0.15, 0.2) is 0 Å². The van der Waals surface area contributed by atoms with Gasteiger partial charge in [-0.1, -0.05) is 170 Å². The molecule has 0 amide bonds. The van der Waals surface area contributed by atoms with Crippen molar-refractivity contribution >= 4 is 32.3 Å². The Bertz CT molecular complexity index is 2770. The molecule has 0 unspecified atom stereocenters. The SMILES string of the molecule is c1ccc(-c2cc(-c3ccc4ccc(-c5cc(-c6ccccc6)nc(-c6cccc7ccccc67)c5)cc4c3)cc(-c3cccc4ccccc34)n2)cc1. The molecular formula is C52H34N2. The highest BCUT2D eigenvalue weighted by Crippen LogP contribution is 2.37. The number of rotatable bonds is 6. The van der Waals surface area contributed by atoms with E-state index in [1.807, 2.05) is 0 Å². The van der Waals surface area contributed by atoms with Crippen molar-refractivity contribution < 1.29 is 0 Å². The zero-order chi connectivity index (χ0) is 35.8. The van der Waals surface area contributed by atoms with Gasteiger partial charge in [-0.15, -0.1) is 0 Å². The van der Waals surface area contributed by atoms with Gasteiger partial charge in [0.2, 0.25) is 0 Å². The lowest BCUT2D eigenvalue weighted by Gasteiger charge is -2.14. The lowest BCUT2D eigenvalue weighted by Crippen LogP contribution is -1.93. The average Bonchev–Trinajstić information content (AvgIpc) is 3.26. The normalized spacial score (nSPS) is 11.3. The summed E-state index contributed by atoms with van der Waals surface area (Å²) >= 11 is 0. The molecule has 252 valence electrons. The Hall–Kier alpha value is -7.16. The number of pyridine rings is 2. The van der Waals surface area contributed by atoms with Crippen LogP contribution in [0.4, 0.5) is 0 Å². The van der Waals surface area contributed by atoms with Gasteiger partial charge >= 0.3 is 0 Å². The molecular weight excluding hydrogens is 653 g/mol. The summed E-state index contributed by atoms with van der Waals surface area (Å²) in [5, 5.41) is 7.18. The van der Waals surface area contributed by atoms with Gasteiger partial charge in [-0.3, -0.25) is 0 Å². The predicted octanol–water partition coefficient (Wildman–Crippen LogP) is 13.9. The molecule has 10 rings (SSSR count). The third-order valence-corrected chi connectivity index (χ3v) is 10.4. The molecule has 2 nitrogen and oxygen atoms in total. The van der Waals surface area contributed by atoms with Gasteiger partial charge in [0.05, 0.1) is 22.8 Å². The molecule has 8 aromatic carbocycles. The first-order valence-electron chi connectivity index (χ1n) is 18.4. The summed E-state index contributed by atoms with van der Waals surface area (Å²) in [5.74, 6) is 0. The molecule has 2 aromatic heterocycles. The summed E-state index contributed by atoms with van der Waals surface area (Å²) in [6, 6.07) is 73.5. The molecule has 54 heavy (non-hydrogen) atoms. The van der Waals surface area contributed by atoms with E-state index in [9.17, 15) is 0 Å². The van der Waals surface area contributed by atoms with Crippen LogP contribution in [0.3, 0.4) is 0 Å². The minimum Gasteiger partial charge on any atom is -0.248 e. The molecule has 10 aromatic rings. The lowest BCUT2D eigenvalue weighted by atomic mass is 9.94. The van der Waals surface area contributed by atoms with Crippen LogP contribution in [0.15, 0.2) is 206 Å². The summed E-state index contributed by atoms with van der Waals surface area (Å²) in [6.45, 7) is 0. The number of hydrogen-bond acceptors (Lipinski definition) is 2. The molecule has 0 saturated heterocycles. The van der Waals surface area contributed by atoms with Crippen molar-refractivity contribution in [2.24, 2.45) is 0 Å². The van der Waals surface area contributed by atoms with Gasteiger partial charge in [-0.05, 0) is 91.0 Å². The molecule has 0 N–H and O–H groups in total. The highest BCUT2D eigenvalue weighted by Gasteiger charge is 2.14. The van der Waals surface area contributed by atoms with E-state index >= 15 is 0 Å². The van der Waals surface area contributed by atoms with Crippen molar-refractivity contribution in [2.75, 3.05) is 0 Å². The van der Waals surface area contributed by atoms with Gasteiger partial charge in [0.25, 0.3) is 0 Å². The quantitative estimate of drug-likeness (QED) is 0.174. The third kappa shape index (κ3) is 5.90. The molecule has 0 radical (unpaired) electrons. The Morgan fingerprint density at radius 1 is 0.222 bits per heavy atom. The Kier molecular flexibility index (Phi) is 7.85. The summed E-state index contributed by atoms with van der Waals surface area (Å²) in [7, 11) is 0. The molecule has 0 saturated carbocycles. The fourth-order valence-corrected chi connectivity index (χ4v) is 7.69. The Morgan fingerprint density at radius 3 is 1.11 bits per heavy atom. The van der Waals surface area contributed by atoms with Crippen molar-refractivity contribution in [3.05, 3.63) is 206 Å². The van der Waals surface area contributed by atoms with Crippen LogP contribution in [0.25, 0.3) is 99.6 Å². The van der Waals surface area contributed by atoms with E-state index in [1.165, 1.54) is 32.3 Å². The maximum Gasteiger partial charge on any atom is 0.0721 e. The van der Waals surface area contributed by atoms with Crippen LogP contribution in [0.2, 0.25) is 0 Å². The fourth-order valence-electron chi connectivity index (χ4n) is 7.69. The topological polar surface area (TPSA) is 25.8 Å². The van der Waals surface area contributed by atoms with E-state index < -0.39 is 0 Å². The first-order chi connectivity index (χ1) is 26.7. The Morgan fingerprint density at radius 2 is 0.630 bits per heavy atom. The molecule has 0 atom stereocenters. The molecule has 0 fully saturated rings. The van der Waals surface area contributed by atoms with E-state index in [0.29, 0.717) is 0 Å². The average molecular weight is 687 g/mol. The Balaban J connectivity index is 1.12. The monoisotopic (exact) mass is 686 g/mol. The molecule has 0 spiro atoms. The second kappa shape index (κ2) is 13.4. The van der Waals surface area contributed by atoms with E-state index in [-0.39, 0.29) is 0 Å². The standard InChI is InChI=1S/C52H34N2/c1-3-15-38(16-4-1)49-31-43(33-51(53-49)47-23-11-19-36-13-7-9-21-45(36)47)40-27-25-35-26-28-41(30-42(35)29-40)44-32-50(39-17-5-2-6-18-39)54-52(34-44)48-24-12-20-37-14-8-10-22-46(37)48/h1-34H. The number of benzene rings is 8. The summed E-state index contributed by atoms with van der Waals surface area (Å²) in [5.41, 5.74) is 12.8. The van der Waals surface area contributed by atoms with Gasteiger partial charge < -0.3 is 0 Å². The van der Waals surface area contributed by atoms with Crippen LogP contribution < -0.4 is 0 Å². The summed E-state index contributed by atoms with van der Waals surface area (Å²) < 4.78 is 0. The van der Waals surface area contributed by atoms with Gasteiger partial charge in [-0.25, -0.2) is 9.97 Å². The maximum absolute atomic E-state index is 5.25. The maximum atomic E-state index is 5.25. The second-order valence-corrected chi connectivity index (χ2v) is 13.8. The van der Waals surface area contributed by atoms with E-state index in [4.69, 9.17) is 9.97 Å².